The highest BCUT2D eigenvalue weighted by atomic mass is 35.5. The number of rotatable bonds is 9. The lowest BCUT2D eigenvalue weighted by atomic mass is 10.0. The molecule has 2 aliphatic heterocycles. The number of carbonyl (C=O) groups excluding carboxylic acids is 4. The molecule has 5 atom stereocenters. The molecule has 16 nitrogen and oxygen atoms in total. The van der Waals surface area contributed by atoms with Gasteiger partial charge in [-0.1, -0.05) is 60.9 Å². The van der Waals surface area contributed by atoms with E-state index in [0.29, 0.717) is 23.4 Å². The number of benzene rings is 2. The van der Waals surface area contributed by atoms with Gasteiger partial charge in [0.25, 0.3) is 11.9 Å². The fourth-order valence-electron chi connectivity index (χ4n) is 8.10. The number of hydrogen-bond donors (Lipinski definition) is 3. The maximum atomic E-state index is 14.7. The van der Waals surface area contributed by atoms with Crippen molar-refractivity contribution in [3.63, 3.8) is 0 Å². The second-order valence-corrected chi connectivity index (χ2v) is 20.9. The first kappa shape index (κ1) is 46.0. The summed E-state index contributed by atoms with van der Waals surface area (Å²) >= 11 is 7.98. The maximum absolute atomic E-state index is 14.7. The number of fused-ring (bicyclic) bond motifs is 3. The fraction of sp³-hybridized carbons (Fsp3) is 0.500. The molecule has 2 aromatic heterocycles. The molecule has 0 unspecified atom stereocenters. The Hall–Kier alpha value is -5.04. The number of imidazole rings is 1. The molecule has 4 aromatic rings. The van der Waals surface area contributed by atoms with E-state index in [-0.39, 0.29) is 37.9 Å². The summed E-state index contributed by atoms with van der Waals surface area (Å²) in [6.07, 6.45) is 5.47. The average molecular weight is 924 g/mol. The Labute approximate surface area is 376 Å². The van der Waals surface area contributed by atoms with E-state index >= 15 is 0 Å². The fourth-order valence-corrected chi connectivity index (χ4v) is 9.78. The van der Waals surface area contributed by atoms with Gasteiger partial charge >= 0.3 is 16.3 Å². The van der Waals surface area contributed by atoms with Crippen molar-refractivity contribution in [2.45, 2.75) is 115 Å². The molecule has 63 heavy (non-hydrogen) atoms. The van der Waals surface area contributed by atoms with Crippen LogP contribution in [0.5, 0.6) is 6.01 Å². The van der Waals surface area contributed by atoms with Gasteiger partial charge in [-0.2, -0.15) is 17.7 Å². The minimum atomic E-state index is -4.20. The number of thiazole rings is 1. The molecule has 338 valence electrons. The predicted octanol–water partition coefficient (Wildman–Crippen LogP) is 6.62. The van der Waals surface area contributed by atoms with Crippen molar-refractivity contribution in [2.75, 3.05) is 20.6 Å². The van der Waals surface area contributed by atoms with Gasteiger partial charge in [-0.05, 0) is 78.5 Å². The van der Waals surface area contributed by atoms with Crippen molar-refractivity contribution in [2.24, 2.45) is 5.92 Å². The van der Waals surface area contributed by atoms with Crippen LogP contribution in [0.15, 0.2) is 60.0 Å². The first-order valence-corrected chi connectivity index (χ1v) is 23.9. The summed E-state index contributed by atoms with van der Waals surface area (Å²) in [4.78, 5) is 67.7. The number of ether oxygens (including phenoxy) is 2. The number of amides is 4. The average Bonchev–Trinajstić information content (AvgIpc) is 3.55. The standard InChI is InChI=1S/C44H55ClN8O8S2/c1-26(2)53-34-21-15-18-30(38-46-33(25-62-38)29-17-13-14-19-31(29)45)36(34)48-41(53)60-28-22-35-37(54)49-44(40(56)50-63(58,59)51(6)7)23-27(44)16-11-9-8-10-12-20-32(39(55)52(35)24-28)47-42(57)61-43(3,4)5/h11,13-19,21,25-28,32,35H,8-10,12,20,22-24H2,1-7H3,(H,47,57)(H,49,54)(H,50,56)/b16-11-/t27-,28-,32+,35+,44-/m1/s1. The molecule has 0 spiro atoms. The lowest BCUT2D eigenvalue weighted by Crippen LogP contribution is -2.58. The van der Waals surface area contributed by atoms with Crippen LogP contribution in [0, 0.1) is 5.92 Å². The van der Waals surface area contributed by atoms with Crippen molar-refractivity contribution in [1.82, 2.24) is 39.1 Å². The first-order chi connectivity index (χ1) is 29.8. The third kappa shape index (κ3) is 10.0. The Morgan fingerprint density at radius 3 is 2.51 bits per heavy atom. The minimum absolute atomic E-state index is 0.00671. The molecule has 4 heterocycles. The topological polar surface area (TPSA) is 194 Å². The Morgan fingerprint density at radius 2 is 1.79 bits per heavy atom. The highest BCUT2D eigenvalue weighted by Crippen LogP contribution is 2.46. The number of aromatic nitrogens is 3. The van der Waals surface area contributed by atoms with Crippen LogP contribution in [0.1, 0.15) is 85.6 Å². The Kier molecular flexibility index (Phi) is 13.3. The monoisotopic (exact) mass is 922 g/mol. The summed E-state index contributed by atoms with van der Waals surface area (Å²) in [5.74, 6) is -2.54. The highest BCUT2D eigenvalue weighted by molar-refractivity contribution is 7.87. The summed E-state index contributed by atoms with van der Waals surface area (Å²) in [5, 5.41) is 8.92. The number of hydrogen-bond acceptors (Lipinski definition) is 11. The van der Waals surface area contributed by atoms with Crippen LogP contribution in [0.25, 0.3) is 32.9 Å². The van der Waals surface area contributed by atoms with Crippen molar-refractivity contribution in [3.8, 4) is 27.8 Å². The van der Waals surface area contributed by atoms with Gasteiger partial charge in [0.2, 0.25) is 11.8 Å². The first-order valence-electron chi connectivity index (χ1n) is 21.2. The van der Waals surface area contributed by atoms with Crippen LogP contribution in [0.4, 0.5) is 4.79 Å². The molecule has 4 amide bonds. The number of halogens is 1. The van der Waals surface area contributed by atoms with E-state index in [1.165, 1.54) is 30.3 Å². The van der Waals surface area contributed by atoms with Crippen molar-refractivity contribution in [1.29, 1.82) is 0 Å². The highest BCUT2D eigenvalue weighted by Gasteiger charge is 2.62. The van der Waals surface area contributed by atoms with E-state index in [1.807, 2.05) is 78.4 Å². The van der Waals surface area contributed by atoms with Crippen LogP contribution < -0.4 is 20.1 Å². The Balaban J connectivity index is 1.23. The van der Waals surface area contributed by atoms with E-state index in [9.17, 15) is 27.6 Å². The number of alkyl carbamates (subject to hydrolysis) is 1. The molecule has 2 aromatic carbocycles. The van der Waals surface area contributed by atoms with Crippen LogP contribution in [0.3, 0.4) is 0 Å². The van der Waals surface area contributed by atoms with Gasteiger partial charge in [-0.25, -0.2) is 14.5 Å². The molecule has 1 aliphatic carbocycles. The summed E-state index contributed by atoms with van der Waals surface area (Å²) < 4.78 is 42.9. The van der Waals surface area contributed by atoms with Crippen LogP contribution in [0.2, 0.25) is 5.02 Å². The lowest BCUT2D eigenvalue weighted by Gasteiger charge is -2.30. The largest absolute Gasteiger partial charge is 0.459 e. The molecule has 3 N–H and O–H groups in total. The van der Waals surface area contributed by atoms with Gasteiger partial charge in [-0.15, -0.1) is 11.3 Å². The van der Waals surface area contributed by atoms with Crippen molar-refractivity contribution >= 4 is 68.0 Å². The second-order valence-electron chi connectivity index (χ2n) is 17.8. The number of allylic oxidation sites excluding steroid dienone is 1. The molecule has 1 saturated heterocycles. The molecule has 2 fully saturated rings. The van der Waals surface area contributed by atoms with E-state index < -0.39 is 69.3 Å². The molecular weight excluding hydrogens is 868 g/mol. The van der Waals surface area contributed by atoms with Crippen LogP contribution in [-0.4, -0.2) is 106 Å². The van der Waals surface area contributed by atoms with Gasteiger partial charge in [0.05, 0.1) is 17.8 Å². The van der Waals surface area contributed by atoms with Crippen molar-refractivity contribution in [3.05, 3.63) is 65.0 Å². The van der Waals surface area contributed by atoms with E-state index in [2.05, 4.69) is 15.4 Å². The van der Waals surface area contributed by atoms with E-state index in [0.717, 1.165) is 44.5 Å². The van der Waals surface area contributed by atoms with E-state index in [1.54, 1.807) is 20.8 Å². The number of nitrogens with zero attached hydrogens (tertiary/aromatic N) is 5. The summed E-state index contributed by atoms with van der Waals surface area (Å²) in [6.45, 7) is 9.13. The van der Waals surface area contributed by atoms with Crippen LogP contribution >= 0.6 is 22.9 Å². The van der Waals surface area contributed by atoms with Gasteiger partial charge in [-0.3, -0.25) is 19.0 Å². The van der Waals surface area contributed by atoms with Gasteiger partial charge in [0, 0.05) is 54.0 Å². The van der Waals surface area contributed by atoms with Crippen molar-refractivity contribution < 1.29 is 37.1 Å². The van der Waals surface area contributed by atoms with Gasteiger partial charge in [0.1, 0.15) is 39.9 Å². The van der Waals surface area contributed by atoms with Gasteiger partial charge < -0.3 is 25.0 Å². The third-order valence-corrected chi connectivity index (χ3v) is 14.0. The number of nitrogens with one attached hydrogen (secondary N) is 3. The summed E-state index contributed by atoms with van der Waals surface area (Å²) in [6, 6.07) is 11.3. The summed E-state index contributed by atoms with van der Waals surface area (Å²) in [5.41, 5.74) is 1.38. The number of para-hydroxylation sites is 1. The smallest absolute Gasteiger partial charge is 0.408 e. The second kappa shape index (κ2) is 18.2. The van der Waals surface area contributed by atoms with Gasteiger partial charge in [0.15, 0.2) is 0 Å². The molecule has 1 saturated carbocycles. The third-order valence-electron chi connectivity index (χ3n) is 11.4. The summed E-state index contributed by atoms with van der Waals surface area (Å²) in [7, 11) is -1.61. The molecule has 0 radical (unpaired) electrons. The zero-order valence-corrected chi connectivity index (χ0v) is 38.9. The minimum Gasteiger partial charge on any atom is -0.459 e. The molecule has 7 rings (SSSR count). The quantitative estimate of drug-likeness (QED) is 0.154. The number of carbonyl (C=O) groups is 4. The predicted molar refractivity (Wildman–Crippen MR) is 241 cm³/mol. The Bertz CT molecular complexity index is 2530. The molecular formula is C44H55ClN8O8S2. The Morgan fingerprint density at radius 1 is 1.05 bits per heavy atom. The van der Waals surface area contributed by atoms with E-state index in [4.69, 9.17) is 31.0 Å². The van der Waals surface area contributed by atoms with Crippen LogP contribution in [-0.2, 0) is 29.3 Å². The molecule has 0 bridgehead atoms. The maximum Gasteiger partial charge on any atom is 0.408 e. The molecule has 3 aliphatic rings. The molecule has 19 heteroatoms. The normalized spacial score (nSPS) is 23.9. The zero-order valence-electron chi connectivity index (χ0n) is 36.5. The lowest BCUT2D eigenvalue weighted by molar-refractivity contribution is -0.141. The zero-order chi connectivity index (χ0) is 45.4. The SMILES string of the molecule is CC(C)n1c(O[C@@H]2C[C@H]3C(=O)N[C@]4(C(=O)NS(=O)(=O)N(C)C)C[C@H]4/C=C\CCCCC[C@H](NC(=O)OC(C)(C)C)C(=O)N3C2)nc2c(-c3nc(-c4ccccc4Cl)cs3)cccc21.